The number of piperidine rings is 1. The van der Waals surface area contributed by atoms with Crippen molar-refractivity contribution >= 4 is 17.4 Å². The predicted octanol–water partition coefficient (Wildman–Crippen LogP) is 2.25. The molecule has 1 atom stereocenters. The molecule has 0 aromatic carbocycles. The Kier molecular flexibility index (Phi) is 4.61. The van der Waals surface area contributed by atoms with Gasteiger partial charge in [0.1, 0.15) is 5.82 Å². The lowest BCUT2D eigenvalue weighted by molar-refractivity contribution is -0.136. The Morgan fingerprint density at radius 1 is 1.12 bits per heavy atom. The van der Waals surface area contributed by atoms with Gasteiger partial charge in [-0.15, -0.1) is 15.3 Å². The second-order valence-corrected chi connectivity index (χ2v) is 7.50. The summed E-state index contributed by atoms with van der Waals surface area (Å²) in [6.45, 7) is 1.60. The summed E-state index contributed by atoms with van der Waals surface area (Å²) in [5.74, 6) is 2.60. The lowest BCUT2D eigenvalue weighted by Gasteiger charge is -2.34. The highest BCUT2D eigenvalue weighted by Gasteiger charge is 2.30. The standard InChI is InChI=1S/C19H26N6O/c1-23(2)17-9-8-16-20-21-18(25(16)22-17)14-10-12-24(13-11-14)19(26)15-6-4-3-5-7-15/h3-4,8-9,14-15H,5-7,10-13H2,1-2H3. The van der Waals surface area contributed by atoms with Crippen molar-refractivity contribution in [3.63, 3.8) is 0 Å². The number of aromatic nitrogens is 4. The topological polar surface area (TPSA) is 66.6 Å². The van der Waals surface area contributed by atoms with Crippen LogP contribution in [-0.2, 0) is 4.79 Å². The van der Waals surface area contributed by atoms with Gasteiger partial charge in [-0.3, -0.25) is 4.79 Å². The fourth-order valence-electron chi connectivity index (χ4n) is 3.92. The molecule has 1 unspecified atom stereocenters. The van der Waals surface area contributed by atoms with E-state index in [4.69, 9.17) is 0 Å². The number of anilines is 1. The molecular weight excluding hydrogens is 328 g/mol. The zero-order valence-electron chi connectivity index (χ0n) is 15.5. The number of carbonyl (C=O) groups is 1. The third-order valence-electron chi connectivity index (χ3n) is 5.52. The fraction of sp³-hybridized carbons (Fsp3) is 0.579. The van der Waals surface area contributed by atoms with Crippen molar-refractivity contribution in [3.05, 3.63) is 30.1 Å². The molecule has 0 radical (unpaired) electrons. The van der Waals surface area contributed by atoms with E-state index in [1.807, 2.05) is 40.5 Å². The average Bonchev–Trinajstić information content (AvgIpc) is 3.11. The Morgan fingerprint density at radius 3 is 2.62 bits per heavy atom. The van der Waals surface area contributed by atoms with Gasteiger partial charge in [0.25, 0.3) is 0 Å². The highest BCUT2D eigenvalue weighted by atomic mass is 16.2. The Hall–Kier alpha value is -2.44. The molecule has 2 aromatic rings. The van der Waals surface area contributed by atoms with Crippen molar-refractivity contribution in [1.82, 2.24) is 24.7 Å². The number of likely N-dealkylation sites (tertiary alicyclic amines) is 1. The lowest BCUT2D eigenvalue weighted by atomic mass is 9.90. The summed E-state index contributed by atoms with van der Waals surface area (Å²) in [6.07, 6.45) is 9.08. The Labute approximate surface area is 153 Å². The first kappa shape index (κ1) is 17.0. The molecule has 1 saturated heterocycles. The van der Waals surface area contributed by atoms with Gasteiger partial charge < -0.3 is 9.80 Å². The summed E-state index contributed by atoms with van der Waals surface area (Å²) < 4.78 is 1.86. The van der Waals surface area contributed by atoms with Crippen LogP contribution in [0.3, 0.4) is 0 Å². The summed E-state index contributed by atoms with van der Waals surface area (Å²) >= 11 is 0. The maximum atomic E-state index is 12.7. The van der Waals surface area contributed by atoms with Crippen LogP contribution in [0.15, 0.2) is 24.3 Å². The number of fused-ring (bicyclic) bond motifs is 1. The van der Waals surface area contributed by atoms with E-state index < -0.39 is 0 Å². The molecule has 2 aromatic heterocycles. The Morgan fingerprint density at radius 2 is 1.92 bits per heavy atom. The molecule has 0 bridgehead atoms. The molecule has 7 heteroatoms. The van der Waals surface area contributed by atoms with Gasteiger partial charge in [0.2, 0.25) is 5.91 Å². The molecule has 138 valence electrons. The van der Waals surface area contributed by atoms with Crippen LogP contribution in [0, 0.1) is 5.92 Å². The SMILES string of the molecule is CN(C)c1ccc2nnc(C3CCN(C(=O)C4CC=CCC4)CC3)n2n1. The van der Waals surface area contributed by atoms with Gasteiger partial charge in [0.05, 0.1) is 0 Å². The lowest BCUT2D eigenvalue weighted by Crippen LogP contribution is -2.41. The molecule has 3 heterocycles. The highest BCUT2D eigenvalue weighted by molar-refractivity contribution is 5.79. The minimum atomic E-state index is 0.176. The maximum Gasteiger partial charge on any atom is 0.226 e. The second kappa shape index (κ2) is 7.05. The van der Waals surface area contributed by atoms with E-state index in [0.717, 1.165) is 62.5 Å². The van der Waals surface area contributed by atoms with Crippen LogP contribution in [0.1, 0.15) is 43.8 Å². The predicted molar refractivity (Wildman–Crippen MR) is 100 cm³/mol. The van der Waals surface area contributed by atoms with Crippen molar-refractivity contribution in [2.24, 2.45) is 5.92 Å². The largest absolute Gasteiger partial charge is 0.361 e. The molecule has 0 N–H and O–H groups in total. The van der Waals surface area contributed by atoms with Gasteiger partial charge in [0.15, 0.2) is 11.5 Å². The number of carbonyl (C=O) groups excluding carboxylic acids is 1. The van der Waals surface area contributed by atoms with Crippen LogP contribution >= 0.6 is 0 Å². The van der Waals surface area contributed by atoms with Crippen LogP contribution in [-0.4, -0.2) is 57.8 Å². The van der Waals surface area contributed by atoms with E-state index in [-0.39, 0.29) is 5.92 Å². The van der Waals surface area contributed by atoms with Gasteiger partial charge in [-0.2, -0.15) is 4.52 Å². The quantitative estimate of drug-likeness (QED) is 0.791. The molecule has 2 aliphatic rings. The van der Waals surface area contributed by atoms with E-state index in [1.165, 1.54) is 0 Å². The molecule has 4 rings (SSSR count). The van der Waals surface area contributed by atoms with Gasteiger partial charge in [0, 0.05) is 39.0 Å². The normalized spacial score (nSPS) is 21.3. The van der Waals surface area contributed by atoms with Gasteiger partial charge in [-0.25, -0.2) is 0 Å². The summed E-state index contributed by atoms with van der Waals surface area (Å²) in [7, 11) is 3.95. The molecule has 0 spiro atoms. The van der Waals surface area contributed by atoms with Crippen molar-refractivity contribution in [3.8, 4) is 0 Å². The first-order valence-corrected chi connectivity index (χ1v) is 9.47. The van der Waals surface area contributed by atoms with Crippen LogP contribution < -0.4 is 4.90 Å². The molecule has 1 aliphatic carbocycles. The summed E-state index contributed by atoms with van der Waals surface area (Å²) in [5.41, 5.74) is 0.776. The van der Waals surface area contributed by atoms with Gasteiger partial charge in [-0.1, -0.05) is 12.2 Å². The number of hydrogen-bond donors (Lipinski definition) is 0. The molecule has 26 heavy (non-hydrogen) atoms. The minimum absolute atomic E-state index is 0.176. The van der Waals surface area contributed by atoms with E-state index in [2.05, 4.69) is 27.4 Å². The molecule has 0 saturated carbocycles. The minimum Gasteiger partial charge on any atom is -0.361 e. The molecular formula is C19H26N6O. The Bertz CT molecular complexity index is 819. The van der Waals surface area contributed by atoms with Crippen LogP contribution in [0.2, 0.25) is 0 Å². The summed E-state index contributed by atoms with van der Waals surface area (Å²) in [6, 6.07) is 3.90. The van der Waals surface area contributed by atoms with Gasteiger partial charge in [-0.05, 0) is 44.2 Å². The van der Waals surface area contributed by atoms with Crippen molar-refractivity contribution in [2.45, 2.75) is 38.0 Å². The highest BCUT2D eigenvalue weighted by Crippen LogP contribution is 2.29. The van der Waals surface area contributed by atoms with Crippen molar-refractivity contribution < 1.29 is 4.79 Å². The molecule has 1 aliphatic heterocycles. The van der Waals surface area contributed by atoms with Crippen LogP contribution in [0.25, 0.3) is 5.65 Å². The van der Waals surface area contributed by atoms with Crippen LogP contribution in [0.4, 0.5) is 5.82 Å². The first-order chi connectivity index (χ1) is 12.6. The molecule has 1 fully saturated rings. The van der Waals surface area contributed by atoms with Crippen molar-refractivity contribution in [1.29, 1.82) is 0 Å². The first-order valence-electron chi connectivity index (χ1n) is 9.47. The summed E-state index contributed by atoms with van der Waals surface area (Å²) in [5, 5.41) is 13.3. The zero-order valence-corrected chi connectivity index (χ0v) is 15.5. The second-order valence-electron chi connectivity index (χ2n) is 7.50. The monoisotopic (exact) mass is 354 g/mol. The van der Waals surface area contributed by atoms with E-state index >= 15 is 0 Å². The van der Waals surface area contributed by atoms with Gasteiger partial charge >= 0.3 is 0 Å². The number of allylic oxidation sites excluding steroid dienone is 2. The number of rotatable bonds is 3. The third kappa shape index (κ3) is 3.18. The van der Waals surface area contributed by atoms with Crippen molar-refractivity contribution in [2.75, 3.05) is 32.1 Å². The number of nitrogens with zero attached hydrogens (tertiary/aromatic N) is 6. The van der Waals surface area contributed by atoms with E-state index in [9.17, 15) is 4.79 Å². The number of hydrogen-bond acceptors (Lipinski definition) is 5. The average molecular weight is 354 g/mol. The Balaban J connectivity index is 1.46. The fourth-order valence-corrected chi connectivity index (χ4v) is 3.92. The third-order valence-corrected chi connectivity index (χ3v) is 5.52. The van der Waals surface area contributed by atoms with E-state index in [0.29, 0.717) is 11.8 Å². The zero-order chi connectivity index (χ0) is 18.1. The molecule has 7 nitrogen and oxygen atoms in total. The van der Waals surface area contributed by atoms with Crippen LogP contribution in [0.5, 0.6) is 0 Å². The number of amides is 1. The maximum absolute atomic E-state index is 12.7. The summed E-state index contributed by atoms with van der Waals surface area (Å²) in [4.78, 5) is 16.7. The van der Waals surface area contributed by atoms with E-state index in [1.54, 1.807) is 0 Å². The smallest absolute Gasteiger partial charge is 0.226 e. The molecule has 1 amide bonds.